The number of H-pyrrole nitrogens is 2. The Morgan fingerprint density at radius 3 is 2.15 bits per heavy atom. The van der Waals surface area contributed by atoms with Crippen LogP contribution in [0.15, 0.2) is 33.5 Å². The van der Waals surface area contributed by atoms with Gasteiger partial charge in [0.1, 0.15) is 0 Å². The first-order chi connectivity index (χ1) is 21.9. The quantitative estimate of drug-likeness (QED) is 0.205. The second-order valence-corrected chi connectivity index (χ2v) is 12.1. The van der Waals surface area contributed by atoms with Gasteiger partial charge in [0.2, 0.25) is 5.91 Å². The fraction of sp³-hybridized carbons (Fsp3) is 0.417. The highest BCUT2D eigenvalue weighted by Gasteiger charge is 2.29. The lowest BCUT2D eigenvalue weighted by atomic mass is 10.00. The normalized spacial score (nSPS) is 19.3. The number of carboxylic acid groups (broad SMARTS) is 2. The summed E-state index contributed by atoms with van der Waals surface area (Å²) in [4.78, 5) is 59.4. The summed E-state index contributed by atoms with van der Waals surface area (Å²) in [7, 11) is 0. The van der Waals surface area contributed by atoms with Crippen LogP contribution in [-0.4, -0.2) is 49.6 Å². The molecule has 1 saturated heterocycles. The molecule has 2 aliphatic heterocycles. The number of unbranched alkanes of at least 4 members (excludes halogenated alkanes) is 2. The Morgan fingerprint density at radius 2 is 1.52 bits per heavy atom. The van der Waals surface area contributed by atoms with E-state index in [-0.39, 0.29) is 43.4 Å². The zero-order chi connectivity index (χ0) is 33.7. The van der Waals surface area contributed by atoms with E-state index in [1.165, 1.54) is 0 Å². The second kappa shape index (κ2) is 14.6. The molecule has 10 heteroatoms. The van der Waals surface area contributed by atoms with Crippen molar-refractivity contribution in [1.82, 2.24) is 15.3 Å². The maximum absolute atomic E-state index is 12.7. The highest BCUT2D eigenvalue weighted by Crippen LogP contribution is 2.29. The average molecular weight is 629 g/mol. The minimum absolute atomic E-state index is 0.0713. The van der Waals surface area contributed by atoms with Gasteiger partial charge in [-0.2, -0.15) is 0 Å². The van der Waals surface area contributed by atoms with E-state index in [1.54, 1.807) is 0 Å². The summed E-state index contributed by atoms with van der Waals surface area (Å²) in [5.74, 6) is -2.40. The van der Waals surface area contributed by atoms with E-state index in [4.69, 9.17) is 0 Å². The molecule has 4 rings (SSSR count). The molecular weight excluding hydrogens is 584 g/mol. The number of nitrogens with zero attached hydrogens (tertiary/aromatic N) is 1. The average Bonchev–Trinajstić information content (AvgIpc) is 3.64. The molecule has 0 bridgehead atoms. The van der Waals surface area contributed by atoms with Gasteiger partial charge in [-0.25, -0.2) is 4.99 Å². The summed E-state index contributed by atoms with van der Waals surface area (Å²) < 4.78 is 0. The molecule has 4 heterocycles. The van der Waals surface area contributed by atoms with E-state index in [0.717, 1.165) is 69.3 Å². The number of aliphatic imine (C=N–C) groups is 1. The fourth-order valence-electron chi connectivity index (χ4n) is 6.20. The molecule has 0 radical (unpaired) electrons. The highest BCUT2D eigenvalue weighted by molar-refractivity contribution is 6.30. The SMILES string of the molecule is C/C=C1/C(=C\c2[nH]c(/C=c3\[nH]/c(=C/C4=NC(=O)C(CCCCC)=C4C)c(C)c3CCC(=O)O)c(CCC(=O)O)c2C)NC(=O)[C@@H]1C. The van der Waals surface area contributed by atoms with Crippen molar-refractivity contribution in [3.63, 3.8) is 0 Å². The number of carbonyl (C=O) groups excluding carboxylic acids is 2. The van der Waals surface area contributed by atoms with Crippen molar-refractivity contribution in [3.8, 4) is 0 Å². The molecule has 2 aliphatic rings. The number of aromatic amines is 2. The third-order valence-corrected chi connectivity index (χ3v) is 9.03. The maximum atomic E-state index is 12.7. The molecule has 0 aromatic carbocycles. The van der Waals surface area contributed by atoms with E-state index >= 15 is 0 Å². The van der Waals surface area contributed by atoms with E-state index in [2.05, 4.69) is 27.2 Å². The third-order valence-electron chi connectivity index (χ3n) is 9.03. The molecule has 5 N–H and O–H groups in total. The van der Waals surface area contributed by atoms with E-state index in [1.807, 2.05) is 58.9 Å². The first kappa shape index (κ1) is 34.1. The van der Waals surface area contributed by atoms with Crippen molar-refractivity contribution in [2.75, 3.05) is 0 Å². The molecule has 46 heavy (non-hydrogen) atoms. The summed E-state index contributed by atoms with van der Waals surface area (Å²) in [6, 6.07) is 0. The molecule has 2 aromatic heterocycles. The summed E-state index contributed by atoms with van der Waals surface area (Å²) in [5.41, 5.74) is 8.55. The summed E-state index contributed by atoms with van der Waals surface area (Å²) >= 11 is 0. The molecule has 1 fully saturated rings. The highest BCUT2D eigenvalue weighted by atomic mass is 16.4. The van der Waals surface area contributed by atoms with Crippen LogP contribution in [-0.2, 0) is 32.0 Å². The van der Waals surface area contributed by atoms with Crippen LogP contribution in [0.5, 0.6) is 0 Å². The van der Waals surface area contributed by atoms with Gasteiger partial charge in [0, 0.05) is 46.2 Å². The molecule has 244 valence electrons. The predicted octanol–water partition coefficient (Wildman–Crippen LogP) is 4.53. The van der Waals surface area contributed by atoms with Gasteiger partial charge < -0.3 is 25.5 Å². The first-order valence-electron chi connectivity index (χ1n) is 15.9. The number of carboxylic acids is 2. The number of hydrogen-bond acceptors (Lipinski definition) is 4. The molecule has 2 amide bonds. The molecule has 0 aliphatic carbocycles. The summed E-state index contributed by atoms with van der Waals surface area (Å²) in [6.07, 6.45) is 11.6. The first-order valence-corrected chi connectivity index (χ1v) is 15.9. The van der Waals surface area contributed by atoms with Crippen molar-refractivity contribution in [3.05, 3.63) is 72.8 Å². The largest absolute Gasteiger partial charge is 0.481 e. The van der Waals surface area contributed by atoms with Crippen LogP contribution in [0, 0.1) is 19.8 Å². The molecule has 2 aromatic rings. The van der Waals surface area contributed by atoms with Gasteiger partial charge in [0.15, 0.2) is 0 Å². The Hall–Kier alpha value is -4.73. The Labute approximate surface area is 268 Å². The fourth-order valence-corrected chi connectivity index (χ4v) is 6.20. The number of carbonyl (C=O) groups is 4. The van der Waals surface area contributed by atoms with E-state index < -0.39 is 11.9 Å². The molecule has 1 atom stereocenters. The number of amides is 2. The van der Waals surface area contributed by atoms with Gasteiger partial charge in [-0.15, -0.1) is 0 Å². The number of allylic oxidation sites excluding steroid dienone is 3. The number of aromatic nitrogens is 2. The van der Waals surface area contributed by atoms with Crippen LogP contribution < -0.4 is 16.0 Å². The topological polar surface area (TPSA) is 165 Å². The summed E-state index contributed by atoms with van der Waals surface area (Å²) in [6.45, 7) is 11.6. The van der Waals surface area contributed by atoms with Crippen molar-refractivity contribution >= 4 is 47.7 Å². The van der Waals surface area contributed by atoms with Gasteiger partial charge in [0.05, 0.1) is 11.6 Å². The van der Waals surface area contributed by atoms with E-state index in [0.29, 0.717) is 28.9 Å². The lowest BCUT2D eigenvalue weighted by molar-refractivity contribution is -0.138. The Kier molecular flexibility index (Phi) is 10.8. The van der Waals surface area contributed by atoms with Crippen LogP contribution in [0.2, 0.25) is 0 Å². The smallest absolute Gasteiger partial charge is 0.303 e. The van der Waals surface area contributed by atoms with Crippen LogP contribution in [0.3, 0.4) is 0 Å². The van der Waals surface area contributed by atoms with Crippen LogP contribution >= 0.6 is 0 Å². The van der Waals surface area contributed by atoms with Gasteiger partial charge >= 0.3 is 11.9 Å². The summed E-state index contributed by atoms with van der Waals surface area (Å²) in [5, 5.41) is 23.3. The molecule has 0 unspecified atom stereocenters. The van der Waals surface area contributed by atoms with Crippen molar-refractivity contribution in [2.45, 2.75) is 92.9 Å². The second-order valence-electron chi connectivity index (χ2n) is 12.1. The van der Waals surface area contributed by atoms with Gasteiger partial charge in [-0.3, -0.25) is 19.2 Å². The van der Waals surface area contributed by atoms with Crippen LogP contribution in [0.4, 0.5) is 0 Å². The Bertz CT molecular complexity index is 1830. The number of nitrogens with one attached hydrogen (secondary N) is 3. The van der Waals surface area contributed by atoms with Crippen molar-refractivity contribution in [2.24, 2.45) is 10.9 Å². The monoisotopic (exact) mass is 628 g/mol. The maximum Gasteiger partial charge on any atom is 0.303 e. The van der Waals surface area contributed by atoms with Crippen LogP contribution in [0.1, 0.15) is 99.9 Å². The zero-order valence-corrected chi connectivity index (χ0v) is 27.5. The minimum atomic E-state index is -0.919. The number of aliphatic carboxylic acids is 2. The molecule has 0 spiro atoms. The Morgan fingerprint density at radius 1 is 0.848 bits per heavy atom. The predicted molar refractivity (Wildman–Crippen MR) is 179 cm³/mol. The standard InChI is InChI=1S/C36H44N4O6/c1-7-9-10-11-26-21(5)29(39-36(26)46)16-27-19(3)24(12-14-33(41)42)31(37-27)18-32-25(13-15-34(43)44)20(4)28(38-32)17-30-23(8-2)22(6)35(45)40-30/h8,16-18,22,37-38H,7,9-15H2,1-6H3,(H,40,45)(H,41,42)(H,43,44)/b23-8+,27-16+,30-17+,31-18-/t22-/m1/s1. The Balaban J connectivity index is 1.86. The van der Waals surface area contributed by atoms with Crippen molar-refractivity contribution in [1.29, 1.82) is 0 Å². The third kappa shape index (κ3) is 7.38. The zero-order valence-electron chi connectivity index (χ0n) is 27.5. The lowest BCUT2D eigenvalue weighted by Crippen LogP contribution is -2.16. The van der Waals surface area contributed by atoms with Gasteiger partial charge in [-0.05, 0) is 112 Å². The molecule has 0 saturated carbocycles. The van der Waals surface area contributed by atoms with Gasteiger partial charge in [-0.1, -0.05) is 25.8 Å². The molecular formula is C36H44N4O6. The van der Waals surface area contributed by atoms with Gasteiger partial charge in [0.25, 0.3) is 5.91 Å². The van der Waals surface area contributed by atoms with Crippen LogP contribution in [0.25, 0.3) is 18.2 Å². The van der Waals surface area contributed by atoms with Crippen molar-refractivity contribution < 1.29 is 29.4 Å². The number of rotatable bonds is 13. The lowest BCUT2D eigenvalue weighted by Gasteiger charge is -2.03. The number of hydrogen-bond donors (Lipinski definition) is 5. The van der Waals surface area contributed by atoms with E-state index in [9.17, 15) is 29.4 Å². The minimum Gasteiger partial charge on any atom is -0.481 e. The molecule has 10 nitrogen and oxygen atoms in total.